The highest BCUT2D eigenvalue weighted by atomic mass is 32.2. The summed E-state index contributed by atoms with van der Waals surface area (Å²) in [5, 5.41) is 31.2. The van der Waals surface area contributed by atoms with Crippen LogP contribution in [0.4, 0.5) is 11.4 Å². The fourth-order valence-corrected chi connectivity index (χ4v) is 7.39. The van der Waals surface area contributed by atoms with Crippen LogP contribution >= 0.6 is 11.8 Å². The van der Waals surface area contributed by atoms with Crippen molar-refractivity contribution in [3.8, 4) is 5.75 Å². The molecule has 3 amide bonds. The number of allylic oxidation sites excluding steroid dienone is 5. The highest BCUT2D eigenvalue weighted by molar-refractivity contribution is 8.00. The van der Waals surface area contributed by atoms with Crippen molar-refractivity contribution in [2.24, 2.45) is 11.8 Å². The zero-order valence-corrected chi connectivity index (χ0v) is 30.2. The predicted octanol–water partition coefficient (Wildman–Crippen LogP) is 5.73. The zero-order chi connectivity index (χ0) is 36.2. The first-order valence-corrected chi connectivity index (χ1v) is 18.5. The second-order valence-electron chi connectivity index (χ2n) is 13.3. The van der Waals surface area contributed by atoms with Crippen LogP contribution in [0, 0.1) is 11.8 Å². The Bertz CT molecular complexity index is 1510. The second-order valence-corrected chi connectivity index (χ2v) is 14.2. The molecule has 1 aliphatic carbocycles. The number of nitrogens with one attached hydrogen (secondary N) is 3. The van der Waals surface area contributed by atoms with E-state index in [-0.39, 0.29) is 47.3 Å². The van der Waals surface area contributed by atoms with Crippen LogP contribution in [-0.2, 0) is 35.1 Å². The Morgan fingerprint density at radius 2 is 1.76 bits per heavy atom. The van der Waals surface area contributed by atoms with E-state index < -0.39 is 36.2 Å². The SMILES string of the molecule is CO[C@H]1\C=C/C=C\C=C/C[C@H](OC(=O)[C@@H](C)NC(=O)C2CCCCC2)[C@H](C)[C@H](O)/C(C)=C\CCc2c(O)c(cc3c2SCC(=O)N3)NC(=O)C1. The van der Waals surface area contributed by atoms with E-state index in [4.69, 9.17) is 9.47 Å². The molecule has 0 unspecified atom stereocenters. The summed E-state index contributed by atoms with van der Waals surface area (Å²) in [6.45, 7) is 5.25. The first-order chi connectivity index (χ1) is 24.0. The van der Waals surface area contributed by atoms with E-state index in [9.17, 15) is 29.4 Å². The van der Waals surface area contributed by atoms with Gasteiger partial charge in [-0.2, -0.15) is 0 Å². The van der Waals surface area contributed by atoms with Gasteiger partial charge in [-0.1, -0.05) is 68.7 Å². The maximum Gasteiger partial charge on any atom is 0.328 e. The summed E-state index contributed by atoms with van der Waals surface area (Å²) in [7, 11) is 1.50. The highest BCUT2D eigenvalue weighted by Gasteiger charge is 2.31. The number of carbonyl (C=O) groups is 4. The lowest BCUT2D eigenvalue weighted by molar-refractivity contribution is -0.156. The molecule has 1 aromatic carbocycles. The third-order valence-electron chi connectivity index (χ3n) is 9.46. The third kappa shape index (κ3) is 10.8. The number of esters is 1. The molecule has 2 bridgehead atoms. The number of phenolic OH excluding ortho intramolecular Hbond substituents is 1. The predicted molar refractivity (Wildman–Crippen MR) is 195 cm³/mol. The number of methoxy groups -OCH3 is 1. The molecule has 0 radical (unpaired) electrons. The lowest BCUT2D eigenvalue weighted by atomic mass is 9.88. The Morgan fingerprint density at radius 1 is 1.04 bits per heavy atom. The fraction of sp³-hybridized carbons (Fsp3) is 0.526. The summed E-state index contributed by atoms with van der Waals surface area (Å²) in [5.74, 6) is -1.70. The number of phenols is 1. The van der Waals surface area contributed by atoms with E-state index in [0.717, 1.165) is 37.0 Å². The van der Waals surface area contributed by atoms with Gasteiger partial charge in [0.2, 0.25) is 17.7 Å². The number of benzene rings is 1. The van der Waals surface area contributed by atoms with Gasteiger partial charge < -0.3 is 35.6 Å². The standard InChI is InChI=1S/C38H51N3O8S/c1-23-14-13-18-28-35(45)29(21-30-36(28)50-22-33(43)41-30)40-32(42)20-27(48-4)17-11-6-5-7-12-19-31(24(2)34(23)44)49-38(47)25(3)39-37(46)26-15-9-8-10-16-26/h5-7,11-12,14,17,21,24-27,31,34,44-45H,8-10,13,15-16,18-20,22H2,1-4H3,(H,39,46)(H,40,42)(H,41,43)/b6-5-,12-7-,17-11-,23-14-/t24-,25+,27-,31-,34+/m0/s1. The van der Waals surface area contributed by atoms with Crippen molar-refractivity contribution in [3.63, 3.8) is 0 Å². The van der Waals surface area contributed by atoms with Gasteiger partial charge in [-0.3, -0.25) is 14.4 Å². The minimum atomic E-state index is -0.950. The van der Waals surface area contributed by atoms with Gasteiger partial charge >= 0.3 is 5.97 Å². The Morgan fingerprint density at radius 3 is 2.50 bits per heavy atom. The number of aliphatic hydroxyl groups is 1. The molecule has 2 aliphatic heterocycles. The number of aromatic hydroxyl groups is 1. The molecule has 2 heterocycles. The van der Waals surface area contributed by atoms with E-state index in [0.29, 0.717) is 36.1 Å². The molecule has 5 atom stereocenters. The lowest BCUT2D eigenvalue weighted by Crippen LogP contribution is -2.45. The molecule has 3 aliphatic rings. The molecule has 0 spiro atoms. The lowest BCUT2D eigenvalue weighted by Gasteiger charge is -2.29. The van der Waals surface area contributed by atoms with Crippen molar-refractivity contribution >= 4 is 46.8 Å². The molecule has 0 aromatic heterocycles. The summed E-state index contributed by atoms with van der Waals surface area (Å²) < 4.78 is 11.4. The molecule has 11 nitrogen and oxygen atoms in total. The number of aliphatic hydroxyl groups excluding tert-OH is 1. The van der Waals surface area contributed by atoms with Crippen LogP contribution in [0.5, 0.6) is 5.75 Å². The third-order valence-corrected chi connectivity index (χ3v) is 10.6. The normalized spacial score (nSPS) is 27.8. The summed E-state index contributed by atoms with van der Waals surface area (Å²) >= 11 is 1.32. The van der Waals surface area contributed by atoms with Crippen LogP contribution in [0.2, 0.25) is 0 Å². The monoisotopic (exact) mass is 709 g/mol. The van der Waals surface area contributed by atoms with Crippen LogP contribution < -0.4 is 16.0 Å². The minimum absolute atomic E-state index is 0.00602. The Labute approximate surface area is 299 Å². The molecule has 4 rings (SSSR count). The number of hydrogen-bond acceptors (Lipinski definition) is 9. The number of thioether (sulfide) groups is 1. The van der Waals surface area contributed by atoms with Crippen LogP contribution in [0.1, 0.15) is 77.7 Å². The molecule has 1 aromatic rings. The Kier molecular flexibility index (Phi) is 14.7. The largest absolute Gasteiger partial charge is 0.505 e. The topological polar surface area (TPSA) is 163 Å². The number of anilines is 2. The number of amides is 3. The van der Waals surface area contributed by atoms with Gasteiger partial charge in [0.15, 0.2) is 0 Å². The molecule has 1 fully saturated rings. The molecule has 12 heteroatoms. The average molecular weight is 710 g/mol. The quantitative estimate of drug-likeness (QED) is 0.111. The van der Waals surface area contributed by atoms with Crippen LogP contribution in [-0.4, -0.2) is 71.1 Å². The molecular formula is C38H51N3O8S. The van der Waals surface area contributed by atoms with Crippen LogP contribution in [0.25, 0.3) is 0 Å². The summed E-state index contributed by atoms with van der Waals surface area (Å²) in [6, 6.07) is 0.728. The Hall–Kier alpha value is -3.87. The van der Waals surface area contributed by atoms with E-state index in [1.807, 2.05) is 25.2 Å². The number of rotatable bonds is 5. The molecule has 272 valence electrons. The second kappa shape index (κ2) is 18.9. The average Bonchev–Trinajstić information content (AvgIpc) is 3.10. The zero-order valence-electron chi connectivity index (χ0n) is 29.4. The summed E-state index contributed by atoms with van der Waals surface area (Å²) in [4.78, 5) is 52.0. The van der Waals surface area contributed by atoms with Crippen molar-refractivity contribution in [2.45, 2.75) is 108 Å². The smallest absolute Gasteiger partial charge is 0.328 e. The van der Waals surface area contributed by atoms with Crippen molar-refractivity contribution in [3.05, 3.63) is 59.7 Å². The number of ether oxygens (including phenoxy) is 2. The van der Waals surface area contributed by atoms with Gasteiger partial charge in [-0.05, 0) is 51.2 Å². The fourth-order valence-electron chi connectivity index (χ4n) is 6.40. The van der Waals surface area contributed by atoms with Crippen molar-refractivity contribution in [2.75, 3.05) is 23.5 Å². The molecule has 0 saturated heterocycles. The molecule has 1 saturated carbocycles. The van der Waals surface area contributed by atoms with Gasteiger partial charge in [0.05, 0.1) is 35.8 Å². The van der Waals surface area contributed by atoms with Crippen LogP contribution in [0.15, 0.2) is 59.1 Å². The van der Waals surface area contributed by atoms with E-state index in [1.165, 1.54) is 18.9 Å². The maximum absolute atomic E-state index is 13.2. The molecule has 5 N–H and O–H groups in total. The van der Waals surface area contributed by atoms with Gasteiger partial charge in [-0.25, -0.2) is 4.79 Å². The molecule has 50 heavy (non-hydrogen) atoms. The van der Waals surface area contributed by atoms with Crippen molar-refractivity contribution in [1.82, 2.24) is 5.32 Å². The van der Waals surface area contributed by atoms with Gasteiger partial charge in [0.1, 0.15) is 17.9 Å². The van der Waals surface area contributed by atoms with Gasteiger partial charge in [-0.15, -0.1) is 11.8 Å². The van der Waals surface area contributed by atoms with E-state index in [2.05, 4.69) is 16.0 Å². The summed E-state index contributed by atoms with van der Waals surface area (Å²) in [5.41, 5.74) is 1.94. The number of fused-ring (bicyclic) bond motifs is 4. The minimum Gasteiger partial charge on any atom is -0.505 e. The van der Waals surface area contributed by atoms with Gasteiger partial charge in [0, 0.05) is 35.8 Å². The number of hydrogen-bond donors (Lipinski definition) is 5. The Balaban J connectivity index is 1.58. The van der Waals surface area contributed by atoms with Crippen molar-refractivity contribution in [1.29, 1.82) is 0 Å². The van der Waals surface area contributed by atoms with E-state index >= 15 is 0 Å². The first kappa shape index (κ1) is 38.9. The first-order valence-electron chi connectivity index (χ1n) is 17.5. The summed E-state index contributed by atoms with van der Waals surface area (Å²) in [6.07, 6.45) is 16.4. The molecular weight excluding hydrogens is 658 g/mol. The van der Waals surface area contributed by atoms with Crippen molar-refractivity contribution < 1.29 is 38.9 Å². The van der Waals surface area contributed by atoms with Crippen LogP contribution in [0.3, 0.4) is 0 Å². The highest BCUT2D eigenvalue weighted by Crippen LogP contribution is 2.44. The van der Waals surface area contributed by atoms with E-state index in [1.54, 1.807) is 44.2 Å². The number of carbonyl (C=O) groups excluding carboxylic acids is 4. The maximum atomic E-state index is 13.2. The van der Waals surface area contributed by atoms with Gasteiger partial charge in [0.25, 0.3) is 0 Å².